The molecule has 1 unspecified atom stereocenters. The van der Waals surface area contributed by atoms with Crippen LogP contribution in [0.2, 0.25) is 0 Å². The van der Waals surface area contributed by atoms with Gasteiger partial charge in [0, 0.05) is 12.6 Å². The first-order valence-electron chi connectivity index (χ1n) is 5.84. The van der Waals surface area contributed by atoms with Gasteiger partial charge in [0.25, 0.3) is 0 Å². The molecule has 2 rings (SSSR count). The van der Waals surface area contributed by atoms with E-state index in [0.717, 1.165) is 0 Å². The Bertz CT molecular complexity index is 398. The Kier molecular flexibility index (Phi) is 3.49. The Labute approximate surface area is 100 Å². The Hall–Kier alpha value is -1.33. The second kappa shape index (κ2) is 4.89. The quantitative estimate of drug-likeness (QED) is 0.777. The van der Waals surface area contributed by atoms with Crippen LogP contribution in [0.3, 0.4) is 0 Å². The summed E-state index contributed by atoms with van der Waals surface area (Å²) in [5.74, 6) is 0.323. The van der Waals surface area contributed by atoms with E-state index in [9.17, 15) is 4.79 Å². The molecule has 17 heavy (non-hydrogen) atoms. The van der Waals surface area contributed by atoms with Crippen molar-refractivity contribution in [1.82, 2.24) is 4.90 Å². The monoisotopic (exact) mass is 238 g/mol. The molecule has 1 heterocycles. The molecule has 0 spiro atoms. The van der Waals surface area contributed by atoms with Gasteiger partial charge in [-0.2, -0.15) is 0 Å². The smallest absolute Gasteiger partial charge is 0.371 e. The van der Waals surface area contributed by atoms with Crippen molar-refractivity contribution in [3.63, 3.8) is 0 Å². The van der Waals surface area contributed by atoms with E-state index in [-0.39, 0.29) is 5.76 Å². The van der Waals surface area contributed by atoms with Crippen molar-refractivity contribution < 1.29 is 14.3 Å². The molecule has 1 aliphatic rings. The fourth-order valence-corrected chi connectivity index (χ4v) is 2.15. The van der Waals surface area contributed by atoms with Crippen molar-refractivity contribution in [2.75, 3.05) is 13.6 Å². The molecule has 1 aromatic heterocycles. The second-order valence-electron chi connectivity index (χ2n) is 4.63. The van der Waals surface area contributed by atoms with E-state index >= 15 is 0 Å². The van der Waals surface area contributed by atoms with Gasteiger partial charge in [-0.05, 0) is 37.9 Å². The highest BCUT2D eigenvalue weighted by Crippen LogP contribution is 2.34. The molecule has 0 radical (unpaired) electrons. The van der Waals surface area contributed by atoms with Crippen molar-refractivity contribution in [1.29, 1.82) is 0 Å². The van der Waals surface area contributed by atoms with Gasteiger partial charge in [-0.1, -0.05) is 0 Å². The van der Waals surface area contributed by atoms with E-state index in [0.29, 0.717) is 30.8 Å². The first-order chi connectivity index (χ1) is 8.11. The Balaban J connectivity index is 1.96. The molecule has 0 saturated heterocycles. The maximum atomic E-state index is 10.7. The summed E-state index contributed by atoms with van der Waals surface area (Å²) >= 11 is 0. The zero-order valence-corrected chi connectivity index (χ0v) is 9.93. The van der Waals surface area contributed by atoms with Crippen LogP contribution in [0.5, 0.6) is 0 Å². The number of furan rings is 1. The van der Waals surface area contributed by atoms with E-state index in [1.54, 1.807) is 6.07 Å². The number of aromatic carboxylic acids is 1. The fourth-order valence-electron chi connectivity index (χ4n) is 2.15. The molecular weight excluding hydrogens is 220 g/mol. The third-order valence-corrected chi connectivity index (χ3v) is 3.25. The molecule has 5 heteroatoms. The predicted octanol–water partition coefficient (Wildman–Crippen LogP) is 1.15. The fraction of sp³-hybridized carbons (Fsp3) is 0.583. The molecule has 1 aromatic rings. The van der Waals surface area contributed by atoms with Gasteiger partial charge in [-0.15, -0.1) is 0 Å². The normalized spacial score (nSPS) is 17.4. The van der Waals surface area contributed by atoms with Crippen molar-refractivity contribution in [3.05, 3.63) is 23.7 Å². The molecule has 0 amide bonds. The van der Waals surface area contributed by atoms with Crippen LogP contribution in [0.25, 0.3) is 0 Å². The van der Waals surface area contributed by atoms with E-state index in [1.807, 2.05) is 7.05 Å². The van der Waals surface area contributed by atoms with Crippen LogP contribution in [-0.4, -0.2) is 35.6 Å². The third kappa shape index (κ3) is 2.87. The third-order valence-electron chi connectivity index (χ3n) is 3.25. The molecule has 94 valence electrons. The Morgan fingerprint density at radius 3 is 2.82 bits per heavy atom. The zero-order valence-electron chi connectivity index (χ0n) is 9.93. The number of nitrogens with two attached hydrogens (primary N) is 1. The average Bonchev–Trinajstić information content (AvgIpc) is 2.98. The highest BCUT2D eigenvalue weighted by molar-refractivity contribution is 5.84. The van der Waals surface area contributed by atoms with Crippen LogP contribution in [0.4, 0.5) is 0 Å². The summed E-state index contributed by atoms with van der Waals surface area (Å²) < 4.78 is 5.23. The molecular formula is C12H18N2O3. The van der Waals surface area contributed by atoms with Gasteiger partial charge < -0.3 is 15.3 Å². The SMILES string of the molecule is CN(Cc1ccc(C(=O)O)o1)C(CN)C1CC1. The first kappa shape index (κ1) is 12.1. The summed E-state index contributed by atoms with van der Waals surface area (Å²) in [4.78, 5) is 12.8. The minimum atomic E-state index is -1.03. The average molecular weight is 238 g/mol. The lowest BCUT2D eigenvalue weighted by Crippen LogP contribution is -2.39. The number of likely N-dealkylation sites (N-methyl/N-ethyl adjacent to an activating group) is 1. The molecule has 0 aromatic carbocycles. The van der Waals surface area contributed by atoms with Crippen LogP contribution in [-0.2, 0) is 6.54 Å². The first-order valence-corrected chi connectivity index (χ1v) is 5.84. The molecule has 5 nitrogen and oxygen atoms in total. The van der Waals surface area contributed by atoms with Crippen LogP contribution >= 0.6 is 0 Å². The number of rotatable bonds is 6. The summed E-state index contributed by atoms with van der Waals surface area (Å²) in [6.07, 6.45) is 2.48. The lowest BCUT2D eigenvalue weighted by atomic mass is 10.1. The molecule has 1 saturated carbocycles. The number of hydrogen-bond acceptors (Lipinski definition) is 4. The lowest BCUT2D eigenvalue weighted by Gasteiger charge is -2.25. The van der Waals surface area contributed by atoms with Gasteiger partial charge in [0.15, 0.2) is 0 Å². The van der Waals surface area contributed by atoms with Gasteiger partial charge >= 0.3 is 5.97 Å². The predicted molar refractivity (Wildman–Crippen MR) is 62.7 cm³/mol. The minimum Gasteiger partial charge on any atom is -0.475 e. The number of carbonyl (C=O) groups is 1. The summed E-state index contributed by atoms with van der Waals surface area (Å²) in [7, 11) is 2.00. The van der Waals surface area contributed by atoms with Crippen LogP contribution in [0, 0.1) is 5.92 Å². The van der Waals surface area contributed by atoms with Crippen molar-refractivity contribution >= 4 is 5.97 Å². The van der Waals surface area contributed by atoms with Crippen LogP contribution in [0.15, 0.2) is 16.5 Å². The van der Waals surface area contributed by atoms with E-state index in [2.05, 4.69) is 4.90 Å². The second-order valence-corrected chi connectivity index (χ2v) is 4.63. The Morgan fingerprint density at radius 2 is 2.35 bits per heavy atom. The highest BCUT2D eigenvalue weighted by Gasteiger charge is 2.33. The highest BCUT2D eigenvalue weighted by atomic mass is 16.4. The standard InChI is InChI=1S/C12H18N2O3/c1-14(10(6-13)8-2-3-8)7-9-4-5-11(17-9)12(15)16/h4-5,8,10H,2-3,6-7,13H2,1H3,(H,15,16). The number of nitrogens with zero attached hydrogens (tertiary/aromatic N) is 1. The van der Waals surface area contributed by atoms with Crippen LogP contribution < -0.4 is 5.73 Å². The molecule has 1 atom stereocenters. The lowest BCUT2D eigenvalue weighted by molar-refractivity contribution is 0.0657. The summed E-state index contributed by atoms with van der Waals surface area (Å²) in [6, 6.07) is 3.56. The van der Waals surface area contributed by atoms with Gasteiger partial charge in [-0.25, -0.2) is 4.79 Å². The van der Waals surface area contributed by atoms with Gasteiger partial charge in [0.1, 0.15) is 5.76 Å². The zero-order chi connectivity index (χ0) is 12.4. The number of carboxylic acid groups (broad SMARTS) is 1. The summed E-state index contributed by atoms with van der Waals surface area (Å²) in [5.41, 5.74) is 5.76. The summed E-state index contributed by atoms with van der Waals surface area (Å²) in [5, 5.41) is 8.76. The number of hydrogen-bond donors (Lipinski definition) is 2. The van der Waals surface area contributed by atoms with Crippen molar-refractivity contribution in [3.8, 4) is 0 Å². The van der Waals surface area contributed by atoms with E-state index in [4.69, 9.17) is 15.3 Å². The van der Waals surface area contributed by atoms with Gasteiger partial charge in [0.05, 0.1) is 6.54 Å². The molecule has 1 fully saturated rings. The van der Waals surface area contributed by atoms with Crippen LogP contribution in [0.1, 0.15) is 29.2 Å². The van der Waals surface area contributed by atoms with Gasteiger partial charge in [0.2, 0.25) is 5.76 Å². The molecule has 3 N–H and O–H groups in total. The molecule has 1 aliphatic carbocycles. The van der Waals surface area contributed by atoms with Crippen molar-refractivity contribution in [2.24, 2.45) is 11.7 Å². The maximum Gasteiger partial charge on any atom is 0.371 e. The summed E-state index contributed by atoms with van der Waals surface area (Å²) in [6.45, 7) is 1.24. The Morgan fingerprint density at radius 1 is 1.65 bits per heavy atom. The van der Waals surface area contributed by atoms with Crippen molar-refractivity contribution in [2.45, 2.75) is 25.4 Å². The maximum absolute atomic E-state index is 10.7. The molecule has 0 bridgehead atoms. The largest absolute Gasteiger partial charge is 0.475 e. The topological polar surface area (TPSA) is 79.7 Å². The van der Waals surface area contributed by atoms with E-state index < -0.39 is 5.97 Å². The van der Waals surface area contributed by atoms with E-state index in [1.165, 1.54) is 18.9 Å². The van der Waals surface area contributed by atoms with Gasteiger partial charge in [-0.3, -0.25) is 4.90 Å². The minimum absolute atomic E-state index is 0.0101. The number of carboxylic acids is 1. The molecule has 0 aliphatic heterocycles.